The van der Waals surface area contributed by atoms with Gasteiger partial charge in [-0.3, -0.25) is 0 Å². The molecule has 0 N–H and O–H groups in total. The molecule has 0 saturated heterocycles. The van der Waals surface area contributed by atoms with Crippen LogP contribution in [0.1, 0.15) is 97.3 Å². The fourth-order valence-corrected chi connectivity index (χ4v) is 5.12. The Labute approximate surface area is 132 Å². The van der Waals surface area contributed by atoms with Gasteiger partial charge in [-0.25, -0.2) is 0 Å². The summed E-state index contributed by atoms with van der Waals surface area (Å²) >= 11 is 0. The van der Waals surface area contributed by atoms with Gasteiger partial charge in [0, 0.05) is 0 Å². The number of hydrogen-bond donors (Lipinski definition) is 0. The van der Waals surface area contributed by atoms with E-state index in [0.29, 0.717) is 0 Å². The van der Waals surface area contributed by atoms with Gasteiger partial charge in [0.1, 0.15) is 0 Å². The lowest BCUT2D eigenvalue weighted by Crippen LogP contribution is -2.32. The van der Waals surface area contributed by atoms with Crippen LogP contribution in [-0.2, 0) is 0 Å². The normalized spacial score (nSPS) is 37.1. The average Bonchev–Trinajstić information content (AvgIpc) is 2.54. The predicted octanol–water partition coefficient (Wildman–Crippen LogP) is 6.48. The van der Waals surface area contributed by atoms with Crippen molar-refractivity contribution in [3.8, 4) is 6.07 Å². The minimum absolute atomic E-state index is 0.0384. The maximum Gasteiger partial charge on any atom is 0.0689 e. The van der Waals surface area contributed by atoms with E-state index in [1.54, 1.807) is 0 Å². The monoisotopic (exact) mass is 289 g/mol. The standard InChI is InChI=1S/C20H35N/c1-3-5-7-17-9-11-18(12-10-17)19-8-6-14-20(15-19,16-21)13-4-2/h17-19H,3-15H2,1-2H3/t17?,18?,19-,20+/m1/s1. The van der Waals surface area contributed by atoms with Crippen LogP contribution in [0, 0.1) is 34.5 Å². The predicted molar refractivity (Wildman–Crippen MR) is 89.9 cm³/mol. The third-order valence-corrected chi connectivity index (χ3v) is 6.37. The van der Waals surface area contributed by atoms with Crippen molar-refractivity contribution >= 4 is 0 Å². The molecule has 0 unspecified atom stereocenters. The van der Waals surface area contributed by atoms with Gasteiger partial charge in [0.2, 0.25) is 0 Å². The molecule has 0 aromatic rings. The Kier molecular flexibility index (Phi) is 6.59. The summed E-state index contributed by atoms with van der Waals surface area (Å²) in [5.41, 5.74) is 0.0384. The van der Waals surface area contributed by atoms with Gasteiger partial charge in [-0.15, -0.1) is 0 Å². The van der Waals surface area contributed by atoms with E-state index in [1.165, 1.54) is 77.0 Å². The molecule has 1 heteroatoms. The van der Waals surface area contributed by atoms with Gasteiger partial charge in [-0.1, -0.05) is 65.2 Å². The Balaban J connectivity index is 1.84. The molecule has 0 heterocycles. The lowest BCUT2D eigenvalue weighted by atomic mass is 9.62. The highest BCUT2D eigenvalue weighted by atomic mass is 14.5. The first-order valence-corrected chi connectivity index (χ1v) is 9.64. The van der Waals surface area contributed by atoms with Crippen LogP contribution < -0.4 is 0 Å². The topological polar surface area (TPSA) is 23.8 Å². The Bertz CT molecular complexity index is 330. The van der Waals surface area contributed by atoms with Gasteiger partial charge in [-0.2, -0.15) is 5.26 Å². The van der Waals surface area contributed by atoms with Crippen molar-refractivity contribution in [2.75, 3.05) is 0 Å². The van der Waals surface area contributed by atoms with Gasteiger partial charge in [0.05, 0.1) is 11.5 Å². The van der Waals surface area contributed by atoms with Crippen molar-refractivity contribution in [1.29, 1.82) is 5.26 Å². The van der Waals surface area contributed by atoms with E-state index in [0.717, 1.165) is 24.2 Å². The molecule has 120 valence electrons. The van der Waals surface area contributed by atoms with Crippen molar-refractivity contribution in [3.63, 3.8) is 0 Å². The van der Waals surface area contributed by atoms with Crippen molar-refractivity contribution in [2.24, 2.45) is 23.2 Å². The molecule has 1 nitrogen and oxygen atoms in total. The molecule has 0 aromatic heterocycles. The lowest BCUT2D eigenvalue weighted by molar-refractivity contribution is 0.103. The zero-order chi connectivity index (χ0) is 15.1. The van der Waals surface area contributed by atoms with Crippen molar-refractivity contribution in [3.05, 3.63) is 0 Å². The molecule has 2 aliphatic carbocycles. The van der Waals surface area contributed by atoms with E-state index in [-0.39, 0.29) is 5.41 Å². The highest BCUT2D eigenvalue weighted by Crippen LogP contribution is 2.48. The van der Waals surface area contributed by atoms with Crippen molar-refractivity contribution < 1.29 is 0 Å². The highest BCUT2D eigenvalue weighted by molar-refractivity contribution is 5.02. The second-order valence-corrected chi connectivity index (χ2v) is 7.92. The molecule has 2 rings (SSSR count). The summed E-state index contributed by atoms with van der Waals surface area (Å²) in [4.78, 5) is 0. The summed E-state index contributed by atoms with van der Waals surface area (Å²) in [5.74, 6) is 2.81. The SMILES string of the molecule is CCCCC1CCC([C@@H]2CCC[C@@](C#N)(CCC)C2)CC1. The van der Waals surface area contributed by atoms with E-state index in [9.17, 15) is 5.26 Å². The zero-order valence-corrected chi connectivity index (χ0v) is 14.4. The zero-order valence-electron chi connectivity index (χ0n) is 14.4. The number of nitriles is 1. The van der Waals surface area contributed by atoms with Crippen molar-refractivity contribution in [2.45, 2.75) is 97.3 Å². The van der Waals surface area contributed by atoms with Crippen LogP contribution in [0.15, 0.2) is 0 Å². The smallest absolute Gasteiger partial charge is 0.0689 e. The van der Waals surface area contributed by atoms with Gasteiger partial charge >= 0.3 is 0 Å². The van der Waals surface area contributed by atoms with Gasteiger partial charge in [-0.05, 0) is 49.9 Å². The van der Waals surface area contributed by atoms with Crippen LogP contribution in [0.4, 0.5) is 0 Å². The van der Waals surface area contributed by atoms with E-state index in [1.807, 2.05) is 0 Å². The summed E-state index contributed by atoms with van der Waals surface area (Å²) in [6.45, 7) is 4.55. The molecule has 2 atom stereocenters. The number of rotatable bonds is 6. The quantitative estimate of drug-likeness (QED) is 0.548. The molecule has 0 amide bonds. The van der Waals surface area contributed by atoms with Gasteiger partial charge < -0.3 is 0 Å². The summed E-state index contributed by atoms with van der Waals surface area (Å²) < 4.78 is 0. The first-order valence-electron chi connectivity index (χ1n) is 9.64. The Morgan fingerprint density at radius 1 is 1.00 bits per heavy atom. The number of unbranched alkanes of at least 4 members (excludes halogenated alkanes) is 1. The Hall–Kier alpha value is -0.510. The maximum absolute atomic E-state index is 9.68. The summed E-state index contributed by atoms with van der Waals surface area (Å²) in [6, 6.07) is 2.72. The third-order valence-electron chi connectivity index (χ3n) is 6.37. The van der Waals surface area contributed by atoms with Gasteiger partial charge in [0.15, 0.2) is 0 Å². The van der Waals surface area contributed by atoms with Crippen LogP contribution in [-0.4, -0.2) is 0 Å². The van der Waals surface area contributed by atoms with E-state index < -0.39 is 0 Å². The van der Waals surface area contributed by atoms with E-state index in [4.69, 9.17) is 0 Å². The summed E-state index contributed by atoms with van der Waals surface area (Å²) in [5, 5.41) is 9.68. The average molecular weight is 290 g/mol. The molecule has 0 spiro atoms. The van der Waals surface area contributed by atoms with Crippen LogP contribution in [0.2, 0.25) is 0 Å². The second-order valence-electron chi connectivity index (χ2n) is 7.92. The Morgan fingerprint density at radius 3 is 2.38 bits per heavy atom. The molecule has 0 bridgehead atoms. The van der Waals surface area contributed by atoms with Gasteiger partial charge in [0.25, 0.3) is 0 Å². The van der Waals surface area contributed by atoms with E-state index in [2.05, 4.69) is 19.9 Å². The first kappa shape index (κ1) is 16.9. The molecule has 21 heavy (non-hydrogen) atoms. The third kappa shape index (κ3) is 4.48. The molecule has 0 aromatic carbocycles. The highest BCUT2D eigenvalue weighted by Gasteiger charge is 2.39. The summed E-state index contributed by atoms with van der Waals surface area (Å²) in [7, 11) is 0. The Morgan fingerprint density at radius 2 is 1.76 bits per heavy atom. The lowest BCUT2D eigenvalue weighted by Gasteiger charge is -2.41. The van der Waals surface area contributed by atoms with E-state index >= 15 is 0 Å². The minimum Gasteiger partial charge on any atom is -0.198 e. The second kappa shape index (κ2) is 8.21. The molecule has 2 fully saturated rings. The molecule has 0 radical (unpaired) electrons. The minimum atomic E-state index is 0.0384. The van der Waals surface area contributed by atoms with Crippen molar-refractivity contribution in [1.82, 2.24) is 0 Å². The fraction of sp³-hybridized carbons (Fsp3) is 0.950. The molecular weight excluding hydrogens is 254 g/mol. The first-order chi connectivity index (χ1) is 10.2. The molecule has 2 aliphatic rings. The molecular formula is C20H35N. The molecule has 0 aliphatic heterocycles. The fourth-order valence-electron chi connectivity index (χ4n) is 5.12. The largest absolute Gasteiger partial charge is 0.198 e. The summed E-state index contributed by atoms with van der Waals surface area (Å²) in [6.07, 6.45) is 17.5. The van der Waals surface area contributed by atoms with Crippen LogP contribution in [0.3, 0.4) is 0 Å². The molecule has 2 saturated carbocycles. The van der Waals surface area contributed by atoms with Crippen LogP contribution in [0.25, 0.3) is 0 Å². The van der Waals surface area contributed by atoms with Crippen LogP contribution in [0.5, 0.6) is 0 Å². The maximum atomic E-state index is 9.68. The number of nitrogens with zero attached hydrogens (tertiary/aromatic N) is 1. The number of hydrogen-bond acceptors (Lipinski definition) is 1. The van der Waals surface area contributed by atoms with Crippen LogP contribution >= 0.6 is 0 Å².